The highest BCUT2D eigenvalue weighted by molar-refractivity contribution is 7.88. The van der Waals surface area contributed by atoms with Gasteiger partial charge in [0.25, 0.3) is 5.91 Å². The summed E-state index contributed by atoms with van der Waals surface area (Å²) in [6.45, 7) is 15.4. The van der Waals surface area contributed by atoms with Crippen molar-refractivity contribution in [3.05, 3.63) is 69.3 Å². The van der Waals surface area contributed by atoms with E-state index >= 15 is 0 Å². The van der Waals surface area contributed by atoms with Crippen LogP contribution in [0.4, 0.5) is 0 Å². The molecule has 1 aliphatic heterocycles. The number of nitrogens with one attached hydrogen (secondary N) is 2. The number of aryl methyl sites for hydroxylation is 1. The van der Waals surface area contributed by atoms with Gasteiger partial charge in [0.1, 0.15) is 23.0 Å². The summed E-state index contributed by atoms with van der Waals surface area (Å²) >= 11 is 0. The molecule has 258 valence electrons. The lowest BCUT2D eigenvalue weighted by Gasteiger charge is -2.43. The summed E-state index contributed by atoms with van der Waals surface area (Å²) in [4.78, 5) is 46.0. The molecule has 1 aromatic carbocycles. The van der Waals surface area contributed by atoms with Crippen molar-refractivity contribution in [3.8, 4) is 17.0 Å². The van der Waals surface area contributed by atoms with Gasteiger partial charge in [-0.2, -0.15) is 0 Å². The Balaban J connectivity index is 1.63. The molecule has 2 heterocycles. The van der Waals surface area contributed by atoms with Gasteiger partial charge in [0.2, 0.25) is 10.0 Å². The quantitative estimate of drug-likeness (QED) is 0.356. The molecule has 0 saturated carbocycles. The van der Waals surface area contributed by atoms with E-state index < -0.39 is 27.4 Å². The maximum Gasteiger partial charge on any atom is 0.269 e. The van der Waals surface area contributed by atoms with Crippen molar-refractivity contribution in [2.75, 3.05) is 19.9 Å². The van der Waals surface area contributed by atoms with Crippen LogP contribution in [0.5, 0.6) is 5.75 Å². The van der Waals surface area contributed by atoms with E-state index in [-0.39, 0.29) is 34.6 Å². The zero-order valence-corrected chi connectivity index (χ0v) is 30.5. The summed E-state index contributed by atoms with van der Waals surface area (Å²) < 4.78 is 38.5. The first-order valence-corrected chi connectivity index (χ1v) is 18.1. The Kier molecular flexibility index (Phi) is 9.05. The predicted molar refractivity (Wildman–Crippen MR) is 184 cm³/mol. The summed E-state index contributed by atoms with van der Waals surface area (Å²) in [5.41, 5.74) is 3.27. The van der Waals surface area contributed by atoms with Gasteiger partial charge in [0, 0.05) is 60.0 Å². The Bertz CT molecular complexity index is 1850. The monoisotopic (exact) mass is 677 g/mol. The second kappa shape index (κ2) is 12.2. The number of nitrogens with zero attached hydrogens (tertiary/aromatic N) is 1. The number of Topliss-reactive ketones (excluding diaryl/α,β-unsaturated/α-hetero) is 2. The van der Waals surface area contributed by atoms with Crippen LogP contribution in [0.15, 0.2) is 46.9 Å². The first kappa shape index (κ1) is 35.5. The Hall–Kier alpha value is -3.83. The van der Waals surface area contributed by atoms with Crippen molar-refractivity contribution in [1.29, 1.82) is 0 Å². The molecule has 0 fully saturated rings. The lowest BCUT2D eigenvalue weighted by molar-refractivity contribution is -0.120. The van der Waals surface area contributed by atoms with Crippen LogP contribution in [-0.4, -0.2) is 56.3 Å². The largest absolute Gasteiger partial charge is 0.496 e. The number of hydrogen-bond donors (Lipinski definition) is 2. The number of pyridine rings is 1. The molecule has 0 bridgehead atoms. The molecule has 11 heteroatoms. The van der Waals surface area contributed by atoms with Gasteiger partial charge in [-0.15, -0.1) is 0 Å². The van der Waals surface area contributed by atoms with Gasteiger partial charge in [0.15, 0.2) is 11.6 Å². The fourth-order valence-electron chi connectivity index (χ4n) is 7.33. The summed E-state index contributed by atoms with van der Waals surface area (Å²) in [6.07, 6.45) is 2.89. The highest BCUT2D eigenvalue weighted by Crippen LogP contribution is 2.55. The number of allylic oxidation sites excluding steroid dienone is 4. The number of ketones is 2. The number of rotatable bonds is 8. The van der Waals surface area contributed by atoms with Crippen LogP contribution in [0, 0.1) is 24.7 Å². The molecule has 0 spiro atoms. The second-order valence-corrected chi connectivity index (χ2v) is 17.5. The van der Waals surface area contributed by atoms with Crippen LogP contribution in [-0.2, 0) is 24.3 Å². The molecule has 0 unspecified atom stereocenters. The molecular formula is C37H47N3O7S. The minimum absolute atomic E-state index is 0.0387. The Labute approximate surface area is 283 Å². The highest BCUT2D eigenvalue weighted by Gasteiger charge is 2.49. The van der Waals surface area contributed by atoms with Gasteiger partial charge < -0.3 is 14.8 Å². The van der Waals surface area contributed by atoms with Gasteiger partial charge in [-0.05, 0) is 73.9 Å². The lowest BCUT2D eigenvalue weighted by Crippen LogP contribution is -2.51. The lowest BCUT2D eigenvalue weighted by atomic mass is 9.65. The van der Waals surface area contributed by atoms with E-state index in [1.807, 2.05) is 32.0 Å². The first-order chi connectivity index (χ1) is 22.1. The third-order valence-corrected chi connectivity index (χ3v) is 10.1. The average molecular weight is 678 g/mol. The number of ether oxygens (including phenoxy) is 2. The molecule has 0 radical (unpaired) electrons. The molecule has 0 saturated heterocycles. The van der Waals surface area contributed by atoms with Crippen molar-refractivity contribution in [3.63, 3.8) is 0 Å². The van der Waals surface area contributed by atoms with Crippen molar-refractivity contribution >= 4 is 27.5 Å². The van der Waals surface area contributed by atoms with E-state index in [4.69, 9.17) is 14.5 Å². The fraction of sp³-hybridized carbons (Fsp3) is 0.514. The molecule has 1 aromatic heterocycles. The van der Waals surface area contributed by atoms with E-state index in [1.165, 1.54) is 0 Å². The van der Waals surface area contributed by atoms with Gasteiger partial charge in [-0.1, -0.05) is 27.7 Å². The van der Waals surface area contributed by atoms with Gasteiger partial charge >= 0.3 is 0 Å². The second-order valence-electron chi connectivity index (χ2n) is 15.8. The van der Waals surface area contributed by atoms with E-state index in [1.54, 1.807) is 27.0 Å². The summed E-state index contributed by atoms with van der Waals surface area (Å²) in [6, 6.07) is 7.26. The predicted octanol–water partition coefficient (Wildman–Crippen LogP) is 5.83. The van der Waals surface area contributed by atoms with Crippen molar-refractivity contribution < 1.29 is 32.3 Å². The molecule has 1 amide bonds. The van der Waals surface area contributed by atoms with Crippen molar-refractivity contribution in [2.45, 2.75) is 92.5 Å². The highest BCUT2D eigenvalue weighted by atomic mass is 32.2. The van der Waals surface area contributed by atoms with Crippen LogP contribution in [0.2, 0.25) is 0 Å². The summed E-state index contributed by atoms with van der Waals surface area (Å²) in [5.74, 6) is 0.601. The fourth-order valence-corrected chi connectivity index (χ4v) is 8.41. The normalized spacial score (nSPS) is 19.5. The Morgan fingerprint density at radius 3 is 2.06 bits per heavy atom. The van der Waals surface area contributed by atoms with Crippen LogP contribution in [0.1, 0.15) is 100 Å². The average Bonchev–Trinajstić information content (AvgIpc) is 2.91. The van der Waals surface area contributed by atoms with E-state index in [0.717, 1.165) is 22.9 Å². The van der Waals surface area contributed by atoms with Crippen molar-refractivity contribution in [2.24, 2.45) is 10.8 Å². The van der Waals surface area contributed by atoms with Gasteiger partial charge in [0.05, 0.1) is 25.0 Å². The molecule has 5 rings (SSSR count). The maximum absolute atomic E-state index is 14.0. The zero-order valence-electron chi connectivity index (χ0n) is 29.6. The number of sulfonamides is 1. The number of carbonyl (C=O) groups excluding carboxylic acids is 3. The third-order valence-electron chi connectivity index (χ3n) is 9.20. The molecule has 0 atom stereocenters. The standard InChI is InChI=1S/C37H47N3O7S/c1-20-13-23(39-24(14-20)34(43)38-19-37(7,8)40-48(10,44)45)22-11-12-27(46-9)30(21(22)2)33-31-25(41)15-35(3,4)17-28(31)47-29-18-36(5,6)16-26(42)32(29)33/h11-14,33,40H,15-19H2,1-10H3,(H,38,43). The number of carbonyl (C=O) groups is 3. The topological polar surface area (TPSA) is 141 Å². The molecule has 48 heavy (non-hydrogen) atoms. The third kappa shape index (κ3) is 7.27. The summed E-state index contributed by atoms with van der Waals surface area (Å²) in [5, 5.41) is 2.80. The smallest absolute Gasteiger partial charge is 0.269 e. The Morgan fingerprint density at radius 2 is 1.54 bits per heavy atom. The van der Waals surface area contributed by atoms with Gasteiger partial charge in [-0.3, -0.25) is 14.4 Å². The molecule has 2 aliphatic carbocycles. The molecule has 3 aliphatic rings. The van der Waals surface area contributed by atoms with Crippen molar-refractivity contribution in [1.82, 2.24) is 15.0 Å². The zero-order chi connectivity index (χ0) is 35.6. The summed E-state index contributed by atoms with van der Waals surface area (Å²) in [7, 11) is -1.91. The number of methoxy groups -OCH3 is 1. The van der Waals surface area contributed by atoms with Crippen LogP contribution < -0.4 is 14.8 Å². The molecule has 2 aromatic rings. The Morgan fingerprint density at radius 1 is 0.979 bits per heavy atom. The number of hydrogen-bond acceptors (Lipinski definition) is 8. The first-order valence-electron chi connectivity index (χ1n) is 16.2. The van der Waals surface area contributed by atoms with Crippen LogP contribution >= 0.6 is 0 Å². The number of amides is 1. The molecule has 10 nitrogen and oxygen atoms in total. The number of aromatic nitrogens is 1. The van der Waals surface area contributed by atoms with E-state index in [9.17, 15) is 22.8 Å². The van der Waals surface area contributed by atoms with Crippen LogP contribution in [0.3, 0.4) is 0 Å². The molecular weight excluding hydrogens is 630 g/mol. The minimum Gasteiger partial charge on any atom is -0.496 e. The van der Waals surface area contributed by atoms with Gasteiger partial charge in [-0.25, -0.2) is 18.1 Å². The van der Waals surface area contributed by atoms with E-state index in [2.05, 4.69) is 37.7 Å². The van der Waals surface area contributed by atoms with E-state index in [0.29, 0.717) is 65.4 Å². The number of benzene rings is 1. The molecule has 2 N–H and O–H groups in total. The SMILES string of the molecule is COc1ccc(-c2cc(C)cc(C(=O)NCC(C)(C)NS(C)(=O)=O)n2)c(C)c1C1C2=C(CC(C)(C)CC2=O)OC2=C1C(=O)CC(C)(C)C2. The van der Waals surface area contributed by atoms with Crippen LogP contribution in [0.25, 0.3) is 11.3 Å². The maximum atomic E-state index is 14.0. The minimum atomic E-state index is -3.49.